The van der Waals surface area contributed by atoms with Gasteiger partial charge in [0.2, 0.25) is 0 Å². The minimum atomic E-state index is -0.364. The molecule has 0 radical (unpaired) electrons. The van der Waals surface area contributed by atoms with Crippen LogP contribution >= 0.6 is 0 Å². The van der Waals surface area contributed by atoms with Crippen molar-refractivity contribution in [2.45, 2.75) is 44.7 Å². The van der Waals surface area contributed by atoms with E-state index in [1.165, 1.54) is 18.4 Å². The minimum Gasteiger partial charge on any atom is -0.449 e. The van der Waals surface area contributed by atoms with Crippen LogP contribution in [0.4, 0.5) is 10.5 Å². The van der Waals surface area contributed by atoms with Gasteiger partial charge in [-0.2, -0.15) is 0 Å². The number of hydrogen-bond donors (Lipinski definition) is 2. The zero-order chi connectivity index (χ0) is 17.9. The first-order valence-electron chi connectivity index (χ1n) is 9.54. The molecule has 2 N–H and O–H groups in total. The SMILES string of the molecule is Cc1ccccc1-c1ccccc1NC(=O)OCC1CC2CCC(C1)N2. The van der Waals surface area contributed by atoms with Crippen molar-refractivity contribution in [2.24, 2.45) is 5.92 Å². The average molecular weight is 350 g/mol. The molecular formula is C22H26N2O2. The molecule has 2 saturated heterocycles. The van der Waals surface area contributed by atoms with Gasteiger partial charge in [-0.15, -0.1) is 0 Å². The van der Waals surface area contributed by atoms with E-state index in [-0.39, 0.29) is 6.09 Å². The third-order valence-electron chi connectivity index (χ3n) is 5.62. The zero-order valence-corrected chi connectivity index (χ0v) is 15.2. The maximum absolute atomic E-state index is 12.4. The lowest BCUT2D eigenvalue weighted by Gasteiger charge is -2.28. The summed E-state index contributed by atoms with van der Waals surface area (Å²) in [7, 11) is 0. The van der Waals surface area contributed by atoms with Crippen LogP contribution in [-0.4, -0.2) is 24.8 Å². The number of piperidine rings is 1. The molecular weight excluding hydrogens is 324 g/mol. The van der Waals surface area contributed by atoms with Crippen LogP contribution in [0.25, 0.3) is 11.1 Å². The lowest BCUT2D eigenvalue weighted by Crippen LogP contribution is -2.39. The van der Waals surface area contributed by atoms with Gasteiger partial charge in [0.1, 0.15) is 0 Å². The van der Waals surface area contributed by atoms with Crippen molar-refractivity contribution in [1.29, 1.82) is 0 Å². The van der Waals surface area contributed by atoms with Crippen LogP contribution in [0.5, 0.6) is 0 Å². The van der Waals surface area contributed by atoms with Gasteiger partial charge in [-0.25, -0.2) is 4.79 Å². The van der Waals surface area contributed by atoms with Crippen molar-refractivity contribution in [2.75, 3.05) is 11.9 Å². The molecule has 4 rings (SSSR count). The Bertz CT molecular complexity index is 777. The Morgan fingerprint density at radius 1 is 1.04 bits per heavy atom. The summed E-state index contributed by atoms with van der Waals surface area (Å²) >= 11 is 0. The number of hydrogen-bond acceptors (Lipinski definition) is 3. The first-order chi connectivity index (χ1) is 12.7. The second-order valence-corrected chi connectivity index (χ2v) is 7.56. The van der Waals surface area contributed by atoms with E-state index in [9.17, 15) is 4.79 Å². The van der Waals surface area contributed by atoms with Crippen LogP contribution in [0.1, 0.15) is 31.2 Å². The van der Waals surface area contributed by atoms with E-state index in [1.807, 2.05) is 36.4 Å². The fourth-order valence-electron chi connectivity index (χ4n) is 4.35. The largest absolute Gasteiger partial charge is 0.449 e. The van der Waals surface area contributed by atoms with Crippen molar-refractivity contribution in [3.63, 3.8) is 0 Å². The molecule has 0 saturated carbocycles. The van der Waals surface area contributed by atoms with Crippen molar-refractivity contribution in [3.05, 3.63) is 54.1 Å². The normalized spacial score (nSPS) is 24.3. The van der Waals surface area contributed by atoms with E-state index in [0.717, 1.165) is 29.7 Å². The predicted molar refractivity (Wildman–Crippen MR) is 104 cm³/mol. The molecule has 4 nitrogen and oxygen atoms in total. The number of fused-ring (bicyclic) bond motifs is 2. The maximum Gasteiger partial charge on any atom is 0.411 e. The summed E-state index contributed by atoms with van der Waals surface area (Å²) < 4.78 is 5.55. The molecule has 0 aliphatic carbocycles. The van der Waals surface area contributed by atoms with Crippen molar-refractivity contribution in [3.8, 4) is 11.1 Å². The predicted octanol–water partition coefficient (Wildman–Crippen LogP) is 4.74. The monoisotopic (exact) mass is 350 g/mol. The van der Waals surface area contributed by atoms with E-state index in [2.05, 4.69) is 29.7 Å². The third kappa shape index (κ3) is 3.75. The highest BCUT2D eigenvalue weighted by Crippen LogP contribution is 2.32. The molecule has 2 aromatic carbocycles. The van der Waals surface area contributed by atoms with Crippen LogP contribution in [0.15, 0.2) is 48.5 Å². The Hall–Kier alpha value is -2.33. The van der Waals surface area contributed by atoms with Gasteiger partial charge >= 0.3 is 6.09 Å². The third-order valence-corrected chi connectivity index (χ3v) is 5.62. The van der Waals surface area contributed by atoms with Gasteiger partial charge in [0.15, 0.2) is 0 Å². The second-order valence-electron chi connectivity index (χ2n) is 7.56. The number of amides is 1. The number of carbonyl (C=O) groups excluding carboxylic acids is 1. The number of ether oxygens (including phenoxy) is 1. The second kappa shape index (κ2) is 7.50. The first-order valence-corrected chi connectivity index (χ1v) is 9.54. The summed E-state index contributed by atoms with van der Waals surface area (Å²) in [6, 6.07) is 17.3. The summed E-state index contributed by atoms with van der Waals surface area (Å²) in [5.74, 6) is 0.478. The molecule has 2 heterocycles. The van der Waals surface area contributed by atoms with Gasteiger partial charge in [0, 0.05) is 17.6 Å². The van der Waals surface area contributed by atoms with E-state index in [4.69, 9.17) is 4.74 Å². The fourth-order valence-corrected chi connectivity index (χ4v) is 4.35. The average Bonchev–Trinajstić information content (AvgIpc) is 2.99. The number of rotatable bonds is 4. The van der Waals surface area contributed by atoms with E-state index >= 15 is 0 Å². The summed E-state index contributed by atoms with van der Waals surface area (Å²) in [6.07, 6.45) is 4.39. The van der Waals surface area contributed by atoms with E-state index in [1.54, 1.807) is 0 Å². The molecule has 4 heteroatoms. The molecule has 2 aromatic rings. The molecule has 2 fully saturated rings. The van der Waals surface area contributed by atoms with Crippen LogP contribution in [0.2, 0.25) is 0 Å². The van der Waals surface area contributed by atoms with Crippen LogP contribution in [0.3, 0.4) is 0 Å². The molecule has 2 aliphatic heterocycles. The Kier molecular flexibility index (Phi) is 4.93. The molecule has 2 aliphatic rings. The molecule has 0 spiro atoms. The van der Waals surface area contributed by atoms with Crippen LogP contribution in [0, 0.1) is 12.8 Å². The molecule has 2 atom stereocenters. The highest BCUT2D eigenvalue weighted by atomic mass is 16.5. The number of benzene rings is 2. The molecule has 2 bridgehead atoms. The Labute approximate surface area is 155 Å². The lowest BCUT2D eigenvalue weighted by atomic mass is 9.93. The molecule has 136 valence electrons. The van der Waals surface area contributed by atoms with Crippen molar-refractivity contribution in [1.82, 2.24) is 5.32 Å². The highest BCUT2D eigenvalue weighted by molar-refractivity contribution is 5.92. The fraction of sp³-hybridized carbons (Fsp3) is 0.409. The summed E-state index contributed by atoms with van der Waals surface area (Å²) in [4.78, 5) is 12.4. The number of anilines is 1. The summed E-state index contributed by atoms with van der Waals surface area (Å²) in [5, 5.41) is 6.56. The number of aryl methyl sites for hydroxylation is 1. The smallest absolute Gasteiger partial charge is 0.411 e. The topological polar surface area (TPSA) is 50.4 Å². The zero-order valence-electron chi connectivity index (χ0n) is 15.2. The van der Waals surface area contributed by atoms with E-state index in [0.29, 0.717) is 24.6 Å². The standard InChI is InChI=1S/C22H26N2O2/c1-15-6-2-3-7-19(15)20-8-4-5-9-21(20)24-22(25)26-14-16-12-17-10-11-18(13-16)23-17/h2-9,16-18,23H,10-14H2,1H3,(H,24,25). The van der Waals surface area contributed by atoms with Gasteiger partial charge in [-0.3, -0.25) is 5.32 Å². The molecule has 1 amide bonds. The number of para-hydroxylation sites is 1. The van der Waals surface area contributed by atoms with Gasteiger partial charge in [0.25, 0.3) is 0 Å². The lowest BCUT2D eigenvalue weighted by molar-refractivity contribution is 0.122. The summed E-state index contributed by atoms with van der Waals surface area (Å²) in [5.41, 5.74) is 4.11. The van der Waals surface area contributed by atoms with Crippen molar-refractivity contribution < 1.29 is 9.53 Å². The van der Waals surface area contributed by atoms with Crippen LogP contribution in [-0.2, 0) is 4.74 Å². The number of nitrogens with one attached hydrogen (secondary N) is 2. The molecule has 2 unspecified atom stereocenters. The minimum absolute atomic E-state index is 0.364. The van der Waals surface area contributed by atoms with Crippen molar-refractivity contribution >= 4 is 11.8 Å². The molecule has 26 heavy (non-hydrogen) atoms. The Morgan fingerprint density at radius 2 is 1.69 bits per heavy atom. The van der Waals surface area contributed by atoms with E-state index < -0.39 is 0 Å². The number of carbonyl (C=O) groups is 1. The summed E-state index contributed by atoms with van der Waals surface area (Å²) in [6.45, 7) is 2.59. The highest BCUT2D eigenvalue weighted by Gasteiger charge is 2.33. The van der Waals surface area contributed by atoms with Crippen LogP contribution < -0.4 is 10.6 Å². The van der Waals surface area contributed by atoms with Gasteiger partial charge in [-0.05, 0) is 55.7 Å². The molecule has 0 aromatic heterocycles. The first kappa shape index (κ1) is 17.1. The Balaban J connectivity index is 1.40. The van der Waals surface area contributed by atoms with Gasteiger partial charge in [-0.1, -0.05) is 42.5 Å². The Morgan fingerprint density at radius 3 is 2.42 bits per heavy atom. The maximum atomic E-state index is 12.4. The van der Waals surface area contributed by atoms with Gasteiger partial charge in [0.05, 0.1) is 12.3 Å². The quantitative estimate of drug-likeness (QED) is 0.837. The van der Waals surface area contributed by atoms with Gasteiger partial charge < -0.3 is 10.1 Å².